The zero-order chi connectivity index (χ0) is 18.0. The van der Waals surface area contributed by atoms with E-state index in [2.05, 4.69) is 15.5 Å². The topological polar surface area (TPSA) is 90.2 Å². The highest BCUT2D eigenvalue weighted by Crippen LogP contribution is 2.21. The molecule has 0 saturated carbocycles. The van der Waals surface area contributed by atoms with Crippen LogP contribution < -0.4 is 10.9 Å². The highest BCUT2D eigenvalue weighted by molar-refractivity contribution is 5.69. The fourth-order valence-corrected chi connectivity index (χ4v) is 2.84. The molecule has 1 atom stereocenters. The summed E-state index contributed by atoms with van der Waals surface area (Å²) in [5.41, 5.74) is 2.06. The van der Waals surface area contributed by atoms with E-state index in [1.165, 1.54) is 6.07 Å². The molecule has 1 amide bonds. The average molecular weight is 344 g/mol. The summed E-state index contributed by atoms with van der Waals surface area (Å²) in [6, 6.07) is 9.56. The standard InChI is InChI=1S/C18H24N4O3/c1-18(2,3)25-17(24)22-9-8-14(11-22)19-13-6-4-12(5-7-13)15-10-16(23)21-20-15/h4-7,10,14,19H,8-9,11H2,1-3H3,(H2,20,21,23). The molecule has 2 aromatic rings. The third-order valence-corrected chi connectivity index (χ3v) is 4.00. The van der Waals surface area contributed by atoms with Crippen LogP contribution in [0.5, 0.6) is 0 Å². The van der Waals surface area contributed by atoms with E-state index in [-0.39, 0.29) is 17.7 Å². The Kier molecular flexibility index (Phi) is 4.57. The highest BCUT2D eigenvalue weighted by atomic mass is 16.6. The number of carbonyl (C=O) groups excluding carboxylic acids is 1. The number of anilines is 1. The first-order chi connectivity index (χ1) is 11.8. The summed E-state index contributed by atoms with van der Waals surface area (Å²) >= 11 is 0. The van der Waals surface area contributed by atoms with Crippen molar-refractivity contribution in [1.82, 2.24) is 15.1 Å². The van der Waals surface area contributed by atoms with Gasteiger partial charge in [-0.05, 0) is 44.9 Å². The largest absolute Gasteiger partial charge is 0.444 e. The molecule has 3 rings (SSSR count). The summed E-state index contributed by atoms with van der Waals surface area (Å²) in [7, 11) is 0. The van der Waals surface area contributed by atoms with Crippen molar-refractivity contribution in [2.24, 2.45) is 0 Å². The van der Waals surface area contributed by atoms with Gasteiger partial charge in [0, 0.05) is 30.9 Å². The number of ether oxygens (including phenoxy) is 1. The van der Waals surface area contributed by atoms with E-state index in [0.29, 0.717) is 13.1 Å². The number of hydrogen-bond acceptors (Lipinski definition) is 4. The van der Waals surface area contributed by atoms with Gasteiger partial charge in [-0.15, -0.1) is 0 Å². The third kappa shape index (κ3) is 4.43. The Bertz CT molecular complexity index is 786. The number of benzene rings is 1. The molecular weight excluding hydrogens is 320 g/mol. The average Bonchev–Trinajstić information content (AvgIpc) is 3.16. The van der Waals surface area contributed by atoms with E-state index in [1.54, 1.807) is 4.90 Å². The Balaban J connectivity index is 1.57. The summed E-state index contributed by atoms with van der Waals surface area (Å²) in [4.78, 5) is 25.0. The van der Waals surface area contributed by atoms with Gasteiger partial charge in [0.1, 0.15) is 5.60 Å². The molecule has 1 saturated heterocycles. The smallest absolute Gasteiger partial charge is 0.410 e. The molecule has 1 aliphatic heterocycles. The van der Waals surface area contributed by atoms with Gasteiger partial charge < -0.3 is 15.0 Å². The number of hydrogen-bond donors (Lipinski definition) is 3. The number of nitrogens with zero attached hydrogens (tertiary/aromatic N) is 1. The van der Waals surface area contributed by atoms with Crippen molar-refractivity contribution in [3.8, 4) is 11.3 Å². The van der Waals surface area contributed by atoms with E-state index in [1.807, 2.05) is 45.0 Å². The van der Waals surface area contributed by atoms with E-state index >= 15 is 0 Å². The van der Waals surface area contributed by atoms with Crippen molar-refractivity contribution in [2.75, 3.05) is 18.4 Å². The lowest BCUT2D eigenvalue weighted by Crippen LogP contribution is -2.36. The molecule has 7 heteroatoms. The number of H-pyrrole nitrogens is 2. The number of amides is 1. The maximum absolute atomic E-state index is 12.1. The van der Waals surface area contributed by atoms with E-state index < -0.39 is 5.60 Å². The molecule has 0 bridgehead atoms. The number of aromatic nitrogens is 2. The van der Waals surface area contributed by atoms with Crippen LogP contribution in [0.2, 0.25) is 0 Å². The second-order valence-corrected chi connectivity index (χ2v) is 7.31. The van der Waals surface area contributed by atoms with Gasteiger partial charge in [0.15, 0.2) is 0 Å². The maximum atomic E-state index is 12.1. The Morgan fingerprint density at radius 2 is 1.96 bits per heavy atom. The summed E-state index contributed by atoms with van der Waals surface area (Å²) in [6.45, 7) is 6.93. The summed E-state index contributed by atoms with van der Waals surface area (Å²) in [6.07, 6.45) is 0.620. The third-order valence-electron chi connectivity index (χ3n) is 4.00. The highest BCUT2D eigenvalue weighted by Gasteiger charge is 2.29. The lowest BCUT2D eigenvalue weighted by Gasteiger charge is -2.24. The molecule has 1 aliphatic rings. The molecule has 1 aromatic heterocycles. The van der Waals surface area contributed by atoms with Gasteiger partial charge in [-0.25, -0.2) is 4.79 Å². The SMILES string of the molecule is CC(C)(C)OC(=O)N1CCC(Nc2ccc(-c3cc(=O)[nH][nH]3)cc2)C1. The molecule has 1 unspecified atom stereocenters. The van der Waals surface area contributed by atoms with Crippen LogP contribution in [-0.2, 0) is 4.74 Å². The molecule has 134 valence electrons. The van der Waals surface area contributed by atoms with Gasteiger partial charge in [0.05, 0.1) is 5.69 Å². The summed E-state index contributed by atoms with van der Waals surface area (Å²) < 4.78 is 5.41. The van der Waals surface area contributed by atoms with Crippen LogP contribution in [0.25, 0.3) is 11.3 Å². The van der Waals surface area contributed by atoms with E-state index in [9.17, 15) is 9.59 Å². The lowest BCUT2D eigenvalue weighted by atomic mass is 10.1. The number of rotatable bonds is 3. The molecule has 25 heavy (non-hydrogen) atoms. The molecule has 3 N–H and O–H groups in total. The van der Waals surface area contributed by atoms with Crippen molar-refractivity contribution >= 4 is 11.8 Å². The van der Waals surface area contributed by atoms with Crippen LogP contribution in [0.1, 0.15) is 27.2 Å². The Hall–Kier alpha value is -2.70. The molecule has 0 radical (unpaired) electrons. The summed E-state index contributed by atoms with van der Waals surface area (Å²) in [5, 5.41) is 8.80. The van der Waals surface area contributed by atoms with Crippen LogP contribution in [0.3, 0.4) is 0 Å². The van der Waals surface area contributed by atoms with Crippen LogP contribution in [0.15, 0.2) is 35.1 Å². The van der Waals surface area contributed by atoms with Crippen LogP contribution in [0, 0.1) is 0 Å². The van der Waals surface area contributed by atoms with Gasteiger partial charge in [-0.2, -0.15) is 0 Å². The van der Waals surface area contributed by atoms with Gasteiger partial charge in [-0.3, -0.25) is 15.0 Å². The molecule has 1 aromatic carbocycles. The fourth-order valence-electron chi connectivity index (χ4n) is 2.84. The monoisotopic (exact) mass is 344 g/mol. The van der Waals surface area contributed by atoms with Gasteiger partial charge >= 0.3 is 6.09 Å². The first kappa shape index (κ1) is 17.1. The zero-order valence-corrected chi connectivity index (χ0v) is 14.8. The minimum atomic E-state index is -0.475. The predicted molar refractivity (Wildman–Crippen MR) is 96.7 cm³/mol. The Morgan fingerprint density at radius 1 is 1.24 bits per heavy atom. The molecule has 0 spiro atoms. The number of nitrogens with one attached hydrogen (secondary N) is 3. The molecular formula is C18H24N4O3. The quantitative estimate of drug-likeness (QED) is 0.798. The van der Waals surface area contributed by atoms with E-state index in [0.717, 1.165) is 23.4 Å². The normalized spacial score (nSPS) is 17.6. The lowest BCUT2D eigenvalue weighted by molar-refractivity contribution is 0.0293. The maximum Gasteiger partial charge on any atom is 0.410 e. The number of aromatic amines is 2. The van der Waals surface area contributed by atoms with Gasteiger partial charge in [0.2, 0.25) is 0 Å². The first-order valence-electron chi connectivity index (χ1n) is 8.43. The van der Waals surface area contributed by atoms with Crippen LogP contribution in [0.4, 0.5) is 10.5 Å². The van der Waals surface area contributed by atoms with Crippen molar-refractivity contribution in [1.29, 1.82) is 0 Å². The molecule has 7 nitrogen and oxygen atoms in total. The van der Waals surface area contributed by atoms with Crippen molar-refractivity contribution in [3.63, 3.8) is 0 Å². The number of likely N-dealkylation sites (tertiary alicyclic amines) is 1. The van der Waals surface area contributed by atoms with Gasteiger partial charge in [0.25, 0.3) is 5.56 Å². The van der Waals surface area contributed by atoms with Gasteiger partial charge in [-0.1, -0.05) is 12.1 Å². The minimum Gasteiger partial charge on any atom is -0.444 e. The van der Waals surface area contributed by atoms with Crippen molar-refractivity contribution in [3.05, 3.63) is 40.7 Å². The van der Waals surface area contributed by atoms with E-state index in [4.69, 9.17) is 4.74 Å². The molecule has 2 heterocycles. The predicted octanol–water partition coefficient (Wildman–Crippen LogP) is 2.79. The first-order valence-corrected chi connectivity index (χ1v) is 8.43. The molecule has 0 aliphatic carbocycles. The fraction of sp³-hybridized carbons (Fsp3) is 0.444. The van der Waals surface area contributed by atoms with Crippen LogP contribution in [-0.4, -0.2) is 45.9 Å². The van der Waals surface area contributed by atoms with Crippen molar-refractivity contribution in [2.45, 2.75) is 38.8 Å². The zero-order valence-electron chi connectivity index (χ0n) is 14.8. The molecule has 1 fully saturated rings. The van der Waals surface area contributed by atoms with Crippen LogP contribution >= 0.6 is 0 Å². The second-order valence-electron chi connectivity index (χ2n) is 7.31. The summed E-state index contributed by atoms with van der Waals surface area (Å²) in [5.74, 6) is 0. The second kappa shape index (κ2) is 6.66. The minimum absolute atomic E-state index is 0.148. The van der Waals surface area contributed by atoms with Crippen molar-refractivity contribution < 1.29 is 9.53 Å². The Labute approximate surface area is 146 Å². The Morgan fingerprint density at radius 3 is 2.56 bits per heavy atom. The number of carbonyl (C=O) groups is 1.